The molecule has 1 fully saturated rings. The summed E-state index contributed by atoms with van der Waals surface area (Å²) in [6, 6.07) is 15.1. The molecule has 28 heavy (non-hydrogen) atoms. The molecule has 0 N–H and O–H groups in total. The zero-order valence-corrected chi connectivity index (χ0v) is 17.5. The van der Waals surface area contributed by atoms with Gasteiger partial charge in [-0.1, -0.05) is 94.3 Å². The topological polar surface area (TPSA) is 26.3 Å². The van der Waals surface area contributed by atoms with Gasteiger partial charge in [0, 0.05) is 12.3 Å². The molecule has 1 aliphatic carbocycles. The van der Waals surface area contributed by atoms with Crippen LogP contribution >= 0.6 is 0 Å². The predicted octanol–water partition coefficient (Wildman–Crippen LogP) is 7.55. The van der Waals surface area contributed by atoms with Gasteiger partial charge in [0.2, 0.25) is 0 Å². The van der Waals surface area contributed by atoms with E-state index in [0.717, 1.165) is 32.1 Å². The molecule has 152 valence electrons. The number of rotatable bonds is 10. The number of ether oxygens (including phenoxy) is 1. The molecular weight excluding hydrogens is 344 g/mol. The number of hydrogen-bond donors (Lipinski definition) is 0. The molecule has 0 amide bonds. The Morgan fingerprint density at radius 2 is 1.61 bits per heavy atom. The van der Waals surface area contributed by atoms with E-state index in [9.17, 15) is 4.79 Å². The van der Waals surface area contributed by atoms with E-state index < -0.39 is 0 Å². The molecule has 0 aliphatic heterocycles. The van der Waals surface area contributed by atoms with Crippen LogP contribution in [-0.4, -0.2) is 12.1 Å². The zero-order chi connectivity index (χ0) is 19.6. The van der Waals surface area contributed by atoms with E-state index >= 15 is 0 Å². The normalized spacial score (nSPS) is 19.6. The lowest BCUT2D eigenvalue weighted by Gasteiger charge is -2.32. The van der Waals surface area contributed by atoms with Gasteiger partial charge in [-0.05, 0) is 42.0 Å². The second-order valence-electron chi connectivity index (χ2n) is 8.36. The molecule has 0 unspecified atom stereocenters. The fourth-order valence-electron chi connectivity index (χ4n) is 4.62. The van der Waals surface area contributed by atoms with Crippen LogP contribution in [0.4, 0.5) is 0 Å². The van der Waals surface area contributed by atoms with Gasteiger partial charge in [-0.2, -0.15) is 0 Å². The highest BCUT2D eigenvalue weighted by molar-refractivity contribution is 5.86. The summed E-state index contributed by atoms with van der Waals surface area (Å²) in [5.74, 6) is 0.337. The maximum atomic E-state index is 12.5. The van der Waals surface area contributed by atoms with E-state index in [-0.39, 0.29) is 12.1 Å². The van der Waals surface area contributed by atoms with E-state index in [1.54, 1.807) is 0 Å². The van der Waals surface area contributed by atoms with Crippen molar-refractivity contribution in [1.29, 1.82) is 0 Å². The van der Waals surface area contributed by atoms with E-state index in [1.165, 1.54) is 54.9 Å². The number of esters is 1. The van der Waals surface area contributed by atoms with Crippen molar-refractivity contribution in [2.75, 3.05) is 0 Å². The molecule has 3 rings (SSSR count). The van der Waals surface area contributed by atoms with Crippen LogP contribution in [0.15, 0.2) is 42.5 Å². The summed E-state index contributed by atoms with van der Waals surface area (Å²) in [7, 11) is 0. The van der Waals surface area contributed by atoms with Crippen LogP contribution in [0, 0.1) is 0 Å². The minimum atomic E-state index is 0.00527. The Bertz CT molecular complexity index is 731. The molecule has 0 aromatic heterocycles. The summed E-state index contributed by atoms with van der Waals surface area (Å²) < 4.78 is 6.01. The van der Waals surface area contributed by atoms with Gasteiger partial charge in [0.1, 0.15) is 6.10 Å². The molecule has 1 saturated carbocycles. The first kappa shape index (κ1) is 20.9. The minimum Gasteiger partial charge on any atom is -0.462 e. The van der Waals surface area contributed by atoms with Crippen molar-refractivity contribution in [2.24, 2.45) is 0 Å². The number of unbranched alkanes of at least 4 members (excludes halogenated alkanes) is 6. The molecule has 2 heteroatoms. The Hall–Kier alpha value is -1.83. The van der Waals surface area contributed by atoms with Crippen molar-refractivity contribution < 1.29 is 9.53 Å². The monoisotopic (exact) mass is 380 g/mol. The number of hydrogen-bond acceptors (Lipinski definition) is 2. The molecule has 0 heterocycles. The SMILES string of the molecule is CCCCCCCCCC(=O)O[C@@H]1CCCC[C@@H]1c1cccc2ccccc12. The van der Waals surface area contributed by atoms with Crippen molar-refractivity contribution >= 4 is 16.7 Å². The van der Waals surface area contributed by atoms with Gasteiger partial charge < -0.3 is 4.74 Å². The summed E-state index contributed by atoms with van der Waals surface area (Å²) in [5, 5.41) is 2.59. The fraction of sp³-hybridized carbons (Fsp3) is 0.577. The maximum absolute atomic E-state index is 12.5. The van der Waals surface area contributed by atoms with Crippen molar-refractivity contribution in [3.05, 3.63) is 48.0 Å². The summed E-state index contributed by atoms with van der Waals surface area (Å²) in [5.41, 5.74) is 1.35. The molecule has 2 aromatic carbocycles. The first-order valence-corrected chi connectivity index (χ1v) is 11.5. The molecule has 0 saturated heterocycles. The second kappa shape index (κ2) is 11.2. The smallest absolute Gasteiger partial charge is 0.306 e. The average molecular weight is 381 g/mol. The Kier molecular flexibility index (Phi) is 8.39. The summed E-state index contributed by atoms with van der Waals surface area (Å²) in [4.78, 5) is 12.5. The fourth-order valence-corrected chi connectivity index (χ4v) is 4.62. The van der Waals surface area contributed by atoms with Gasteiger partial charge in [-0.3, -0.25) is 4.79 Å². The quantitative estimate of drug-likeness (QED) is 0.314. The maximum Gasteiger partial charge on any atom is 0.306 e. The standard InChI is InChI=1S/C26H36O2/c1-2-3-4-5-6-7-8-20-26(27)28-25-19-12-11-17-24(25)23-18-13-15-21-14-9-10-16-22(21)23/h9-10,13-16,18,24-25H,2-8,11-12,17,19-20H2,1H3/t24-,25-/m1/s1. The molecule has 0 spiro atoms. The molecule has 2 aromatic rings. The largest absolute Gasteiger partial charge is 0.462 e. The minimum absolute atomic E-state index is 0.00527. The van der Waals surface area contributed by atoms with Gasteiger partial charge in [0.05, 0.1) is 0 Å². The molecule has 2 nitrogen and oxygen atoms in total. The van der Waals surface area contributed by atoms with Crippen molar-refractivity contribution in [1.82, 2.24) is 0 Å². The molecule has 2 atom stereocenters. The Morgan fingerprint density at radius 3 is 2.46 bits per heavy atom. The first-order chi connectivity index (χ1) is 13.8. The Balaban J connectivity index is 1.54. The third-order valence-corrected chi connectivity index (χ3v) is 6.19. The highest BCUT2D eigenvalue weighted by Gasteiger charge is 2.30. The highest BCUT2D eigenvalue weighted by atomic mass is 16.5. The van der Waals surface area contributed by atoms with E-state index in [0.29, 0.717) is 12.3 Å². The van der Waals surface area contributed by atoms with E-state index in [1.807, 2.05) is 0 Å². The predicted molar refractivity (Wildman–Crippen MR) is 118 cm³/mol. The summed E-state index contributed by atoms with van der Waals surface area (Å²) in [6.07, 6.45) is 13.7. The average Bonchev–Trinajstić information content (AvgIpc) is 2.73. The number of carbonyl (C=O) groups excluding carboxylic acids is 1. The van der Waals surface area contributed by atoms with Crippen molar-refractivity contribution in [3.63, 3.8) is 0 Å². The number of fused-ring (bicyclic) bond motifs is 1. The summed E-state index contributed by atoms with van der Waals surface area (Å²) in [6.45, 7) is 2.24. The van der Waals surface area contributed by atoms with Crippen LogP contribution in [0.2, 0.25) is 0 Å². The van der Waals surface area contributed by atoms with Crippen molar-refractivity contribution in [2.45, 2.75) is 96.0 Å². The second-order valence-corrected chi connectivity index (χ2v) is 8.36. The van der Waals surface area contributed by atoms with Crippen LogP contribution in [-0.2, 0) is 9.53 Å². The number of benzene rings is 2. The third-order valence-electron chi connectivity index (χ3n) is 6.19. The highest BCUT2D eigenvalue weighted by Crippen LogP contribution is 2.38. The first-order valence-electron chi connectivity index (χ1n) is 11.5. The van der Waals surface area contributed by atoms with Gasteiger partial charge in [-0.15, -0.1) is 0 Å². The molecule has 0 bridgehead atoms. The molecule has 0 radical (unpaired) electrons. The third kappa shape index (κ3) is 5.83. The van der Waals surface area contributed by atoms with Crippen LogP contribution < -0.4 is 0 Å². The lowest BCUT2D eigenvalue weighted by molar-refractivity contribution is -0.151. The van der Waals surface area contributed by atoms with Gasteiger partial charge in [-0.25, -0.2) is 0 Å². The lowest BCUT2D eigenvalue weighted by Crippen LogP contribution is -2.28. The van der Waals surface area contributed by atoms with Crippen molar-refractivity contribution in [3.8, 4) is 0 Å². The summed E-state index contributed by atoms with van der Waals surface area (Å²) >= 11 is 0. The number of carbonyl (C=O) groups is 1. The van der Waals surface area contributed by atoms with E-state index in [4.69, 9.17) is 4.74 Å². The lowest BCUT2D eigenvalue weighted by atomic mass is 9.80. The molecule has 1 aliphatic rings. The zero-order valence-electron chi connectivity index (χ0n) is 17.5. The van der Waals surface area contributed by atoms with Gasteiger partial charge in [0.25, 0.3) is 0 Å². The Labute approximate surface area is 170 Å². The Morgan fingerprint density at radius 1 is 0.893 bits per heavy atom. The van der Waals surface area contributed by atoms with E-state index in [2.05, 4.69) is 49.4 Å². The molecular formula is C26H36O2. The van der Waals surface area contributed by atoms with Crippen LogP contribution in [0.1, 0.15) is 95.5 Å². The van der Waals surface area contributed by atoms with Crippen LogP contribution in [0.25, 0.3) is 10.8 Å². The van der Waals surface area contributed by atoms with Crippen LogP contribution in [0.5, 0.6) is 0 Å². The van der Waals surface area contributed by atoms with Gasteiger partial charge >= 0.3 is 5.97 Å². The van der Waals surface area contributed by atoms with Crippen LogP contribution in [0.3, 0.4) is 0 Å². The van der Waals surface area contributed by atoms with Gasteiger partial charge in [0.15, 0.2) is 0 Å².